The van der Waals surface area contributed by atoms with Crippen LogP contribution in [0.2, 0.25) is 0 Å². The minimum Gasteiger partial charge on any atom is -0.355 e. The van der Waals surface area contributed by atoms with Crippen LogP contribution in [0.3, 0.4) is 0 Å². The third-order valence-electron chi connectivity index (χ3n) is 1.82. The van der Waals surface area contributed by atoms with Crippen molar-refractivity contribution in [2.45, 2.75) is 6.42 Å². The van der Waals surface area contributed by atoms with Crippen LogP contribution in [0.25, 0.3) is 0 Å². The Bertz CT molecular complexity index is 303. The Morgan fingerprint density at radius 1 is 1.71 bits per heavy atom. The third kappa shape index (κ3) is 3.06. The number of aromatic nitrogens is 2. The van der Waals surface area contributed by atoms with Crippen LogP contribution < -0.4 is 16.6 Å². The minimum atomic E-state index is 0.592. The fourth-order valence-electron chi connectivity index (χ4n) is 1.12. The van der Waals surface area contributed by atoms with E-state index in [1.54, 1.807) is 11.7 Å². The number of nitrogens with one attached hydrogen (secondary N) is 2. The maximum Gasteiger partial charge on any atom is 0.205 e. The molecule has 14 heavy (non-hydrogen) atoms. The number of aliphatic imine (C=N–C) groups is 1. The maximum absolute atomic E-state index is 5.21. The van der Waals surface area contributed by atoms with E-state index in [1.807, 2.05) is 19.4 Å². The van der Waals surface area contributed by atoms with Gasteiger partial charge in [0.25, 0.3) is 0 Å². The molecule has 0 spiro atoms. The molecule has 0 bridgehead atoms. The second-order valence-electron chi connectivity index (χ2n) is 2.92. The number of hydrogen-bond acceptors (Lipinski definition) is 3. The van der Waals surface area contributed by atoms with E-state index < -0.39 is 0 Å². The largest absolute Gasteiger partial charge is 0.355 e. The Morgan fingerprint density at radius 2 is 2.50 bits per heavy atom. The van der Waals surface area contributed by atoms with E-state index >= 15 is 0 Å². The Kier molecular flexibility index (Phi) is 3.93. The number of aryl methyl sites for hydroxylation is 1. The second-order valence-corrected chi connectivity index (χ2v) is 2.92. The van der Waals surface area contributed by atoms with E-state index in [4.69, 9.17) is 5.84 Å². The van der Waals surface area contributed by atoms with Gasteiger partial charge in [-0.1, -0.05) is 0 Å². The third-order valence-corrected chi connectivity index (χ3v) is 1.82. The molecular weight excluding hydrogens is 180 g/mol. The molecule has 4 N–H and O–H groups in total. The predicted molar refractivity (Wildman–Crippen MR) is 55.6 cm³/mol. The predicted octanol–water partition coefficient (Wildman–Crippen LogP) is -0.999. The molecule has 1 heterocycles. The molecule has 0 saturated heterocycles. The van der Waals surface area contributed by atoms with E-state index in [-0.39, 0.29) is 0 Å². The molecule has 0 amide bonds. The van der Waals surface area contributed by atoms with Crippen LogP contribution in [0.5, 0.6) is 0 Å². The van der Waals surface area contributed by atoms with Gasteiger partial charge in [0.1, 0.15) is 0 Å². The van der Waals surface area contributed by atoms with Gasteiger partial charge in [0.15, 0.2) is 0 Å². The molecule has 1 rings (SSSR count). The molecule has 0 unspecified atom stereocenters. The van der Waals surface area contributed by atoms with Gasteiger partial charge in [0.2, 0.25) is 5.96 Å². The van der Waals surface area contributed by atoms with Gasteiger partial charge in [-0.2, -0.15) is 5.10 Å². The van der Waals surface area contributed by atoms with Crippen LogP contribution in [-0.2, 0) is 13.5 Å². The summed E-state index contributed by atoms with van der Waals surface area (Å²) >= 11 is 0. The summed E-state index contributed by atoms with van der Waals surface area (Å²) in [5.41, 5.74) is 3.65. The average molecular weight is 196 g/mol. The van der Waals surface area contributed by atoms with Gasteiger partial charge >= 0.3 is 0 Å². The summed E-state index contributed by atoms with van der Waals surface area (Å²) < 4.78 is 1.78. The Hall–Kier alpha value is -1.56. The average Bonchev–Trinajstić information content (AvgIpc) is 2.59. The lowest BCUT2D eigenvalue weighted by Crippen LogP contribution is -2.42. The number of rotatable bonds is 3. The molecule has 0 aliphatic heterocycles. The van der Waals surface area contributed by atoms with Crippen LogP contribution in [0, 0.1) is 0 Å². The van der Waals surface area contributed by atoms with Crippen LogP contribution >= 0.6 is 0 Å². The van der Waals surface area contributed by atoms with Crippen molar-refractivity contribution in [3.8, 4) is 0 Å². The van der Waals surface area contributed by atoms with Crippen LogP contribution in [-0.4, -0.2) is 29.3 Å². The van der Waals surface area contributed by atoms with E-state index in [0.29, 0.717) is 5.96 Å². The van der Waals surface area contributed by atoms with Crippen LogP contribution in [0.4, 0.5) is 0 Å². The van der Waals surface area contributed by atoms with Gasteiger partial charge in [-0.3, -0.25) is 15.1 Å². The lowest BCUT2D eigenvalue weighted by Gasteiger charge is -2.06. The molecule has 0 radical (unpaired) electrons. The highest BCUT2D eigenvalue weighted by Gasteiger charge is 1.97. The van der Waals surface area contributed by atoms with Crippen molar-refractivity contribution in [1.29, 1.82) is 0 Å². The SMILES string of the molecule is CN=C(NN)NCCc1cnn(C)c1. The molecule has 0 aliphatic carbocycles. The van der Waals surface area contributed by atoms with E-state index in [9.17, 15) is 0 Å². The second kappa shape index (κ2) is 5.23. The van der Waals surface area contributed by atoms with Gasteiger partial charge in [0.05, 0.1) is 6.20 Å². The van der Waals surface area contributed by atoms with Gasteiger partial charge in [-0.15, -0.1) is 0 Å². The Balaban J connectivity index is 2.28. The highest BCUT2D eigenvalue weighted by Crippen LogP contribution is 1.95. The van der Waals surface area contributed by atoms with Gasteiger partial charge in [-0.05, 0) is 12.0 Å². The van der Waals surface area contributed by atoms with Gasteiger partial charge in [0, 0.05) is 26.8 Å². The fourth-order valence-corrected chi connectivity index (χ4v) is 1.12. The number of guanidine groups is 1. The van der Waals surface area contributed by atoms with Crippen molar-refractivity contribution in [3.63, 3.8) is 0 Å². The first-order valence-electron chi connectivity index (χ1n) is 4.41. The van der Waals surface area contributed by atoms with E-state index in [1.165, 1.54) is 5.56 Å². The van der Waals surface area contributed by atoms with Crippen LogP contribution in [0.15, 0.2) is 17.4 Å². The van der Waals surface area contributed by atoms with Crippen LogP contribution in [0.1, 0.15) is 5.56 Å². The molecule has 1 aromatic rings. The molecule has 0 fully saturated rings. The van der Waals surface area contributed by atoms with Crippen molar-refractivity contribution < 1.29 is 0 Å². The normalized spacial score (nSPS) is 11.5. The summed E-state index contributed by atoms with van der Waals surface area (Å²) in [7, 11) is 3.57. The summed E-state index contributed by atoms with van der Waals surface area (Å²) in [6, 6.07) is 0. The molecule has 0 saturated carbocycles. The zero-order valence-electron chi connectivity index (χ0n) is 8.49. The molecule has 78 valence electrons. The molecule has 6 heteroatoms. The first-order chi connectivity index (χ1) is 6.76. The smallest absolute Gasteiger partial charge is 0.205 e. The lowest BCUT2D eigenvalue weighted by atomic mass is 10.2. The molecule has 6 nitrogen and oxygen atoms in total. The molecule has 0 aliphatic rings. The first-order valence-corrected chi connectivity index (χ1v) is 4.41. The van der Waals surface area contributed by atoms with E-state index in [0.717, 1.165) is 13.0 Å². The minimum absolute atomic E-state index is 0.592. The number of nitrogens with two attached hydrogens (primary N) is 1. The highest BCUT2D eigenvalue weighted by molar-refractivity contribution is 5.78. The number of hydrogen-bond donors (Lipinski definition) is 3. The highest BCUT2D eigenvalue weighted by atomic mass is 15.3. The zero-order valence-corrected chi connectivity index (χ0v) is 8.49. The van der Waals surface area contributed by atoms with E-state index in [2.05, 4.69) is 20.8 Å². The Morgan fingerprint density at radius 3 is 3.00 bits per heavy atom. The topological polar surface area (TPSA) is 80.3 Å². The number of nitrogens with zero attached hydrogens (tertiary/aromatic N) is 3. The van der Waals surface area contributed by atoms with Crippen molar-refractivity contribution in [2.75, 3.05) is 13.6 Å². The van der Waals surface area contributed by atoms with Gasteiger partial charge in [-0.25, -0.2) is 5.84 Å². The summed E-state index contributed by atoms with van der Waals surface area (Å²) in [4.78, 5) is 3.89. The summed E-state index contributed by atoms with van der Waals surface area (Å²) in [5.74, 6) is 5.80. The van der Waals surface area contributed by atoms with Crippen molar-refractivity contribution in [1.82, 2.24) is 20.5 Å². The molecule has 0 aromatic carbocycles. The zero-order chi connectivity index (χ0) is 10.4. The van der Waals surface area contributed by atoms with Crippen molar-refractivity contribution in [2.24, 2.45) is 17.9 Å². The first kappa shape index (κ1) is 10.5. The molecule has 0 atom stereocenters. The fraction of sp³-hybridized carbons (Fsp3) is 0.500. The summed E-state index contributed by atoms with van der Waals surface area (Å²) in [6.07, 6.45) is 4.73. The maximum atomic E-state index is 5.21. The lowest BCUT2D eigenvalue weighted by molar-refractivity contribution is 0.765. The van der Waals surface area contributed by atoms with Gasteiger partial charge < -0.3 is 5.32 Å². The Labute approximate surface area is 83.2 Å². The van der Waals surface area contributed by atoms with Crippen molar-refractivity contribution in [3.05, 3.63) is 18.0 Å². The monoisotopic (exact) mass is 196 g/mol. The quantitative estimate of drug-likeness (QED) is 0.251. The summed E-state index contributed by atoms with van der Waals surface area (Å²) in [5, 5.41) is 7.13. The summed E-state index contributed by atoms with van der Waals surface area (Å²) in [6.45, 7) is 0.780. The number of hydrazine groups is 1. The molecular formula is C8H16N6. The standard InChI is InChI=1S/C8H16N6/c1-10-8(13-9)11-4-3-7-5-12-14(2)6-7/h5-6H,3-4,9H2,1-2H3,(H2,10,11,13). The van der Waals surface area contributed by atoms with Crippen molar-refractivity contribution >= 4 is 5.96 Å². The molecule has 1 aromatic heterocycles.